The molecule has 0 aliphatic heterocycles. The average molecular weight is 476 g/mol. The number of aryl methyl sites for hydroxylation is 3. The van der Waals surface area contributed by atoms with E-state index < -0.39 is 34.5 Å². The topological polar surface area (TPSA) is 122 Å². The van der Waals surface area contributed by atoms with Crippen molar-refractivity contribution in [2.45, 2.75) is 39.5 Å². The number of benzene rings is 2. The van der Waals surface area contributed by atoms with Crippen LogP contribution in [0.5, 0.6) is 0 Å². The molecule has 0 saturated heterocycles. The second kappa shape index (κ2) is 11.1. The van der Waals surface area contributed by atoms with Gasteiger partial charge >= 0.3 is 12.0 Å². The van der Waals surface area contributed by atoms with E-state index in [9.17, 15) is 22.8 Å². The highest BCUT2D eigenvalue weighted by Crippen LogP contribution is 2.22. The summed E-state index contributed by atoms with van der Waals surface area (Å²) >= 11 is 0. The maximum Gasteiger partial charge on any atom is 0.338 e. The van der Waals surface area contributed by atoms with Gasteiger partial charge in [-0.25, -0.2) is 18.0 Å². The molecule has 2 aromatic rings. The molecule has 0 aromatic heterocycles. The lowest BCUT2D eigenvalue weighted by Crippen LogP contribution is -2.37. The van der Waals surface area contributed by atoms with Crippen LogP contribution in [0.1, 0.15) is 40.9 Å². The number of hydrogen-bond donors (Lipinski definition) is 2. The van der Waals surface area contributed by atoms with E-state index in [4.69, 9.17) is 4.74 Å². The number of amides is 3. The molecule has 2 N–H and O–H groups in total. The SMILES string of the molecule is CCN(CC)S(=O)(=O)c1cc(C(=O)OCC(=O)NC(=O)Nc2ccc(C)cc2C)ccc1C. The molecule has 33 heavy (non-hydrogen) atoms. The Morgan fingerprint density at radius 2 is 1.61 bits per heavy atom. The minimum atomic E-state index is -3.78. The molecular formula is C23H29N3O6S. The summed E-state index contributed by atoms with van der Waals surface area (Å²) in [6.45, 7) is 8.70. The van der Waals surface area contributed by atoms with Crippen molar-refractivity contribution in [3.8, 4) is 0 Å². The zero-order valence-electron chi connectivity index (χ0n) is 19.4. The monoisotopic (exact) mass is 475 g/mol. The maximum atomic E-state index is 12.8. The molecule has 3 amide bonds. The zero-order chi connectivity index (χ0) is 24.8. The number of carbonyl (C=O) groups excluding carboxylic acids is 3. The highest BCUT2D eigenvalue weighted by Gasteiger charge is 2.25. The molecule has 0 bridgehead atoms. The Hall–Kier alpha value is -3.24. The van der Waals surface area contributed by atoms with E-state index in [0.29, 0.717) is 11.3 Å². The van der Waals surface area contributed by atoms with E-state index in [1.54, 1.807) is 26.8 Å². The molecule has 0 spiro atoms. The van der Waals surface area contributed by atoms with Crippen LogP contribution in [-0.4, -0.2) is 50.3 Å². The number of hydrogen-bond acceptors (Lipinski definition) is 6. The second-order valence-electron chi connectivity index (χ2n) is 7.47. The molecule has 2 rings (SSSR count). The van der Waals surface area contributed by atoms with Gasteiger partial charge in [-0.05, 0) is 50.1 Å². The Morgan fingerprint density at radius 3 is 2.21 bits per heavy atom. The fourth-order valence-electron chi connectivity index (χ4n) is 3.19. The molecule has 0 heterocycles. The van der Waals surface area contributed by atoms with Gasteiger partial charge in [0.1, 0.15) is 0 Å². The van der Waals surface area contributed by atoms with Gasteiger partial charge in [0.05, 0.1) is 10.5 Å². The van der Waals surface area contributed by atoms with Crippen LogP contribution in [0.25, 0.3) is 0 Å². The summed E-state index contributed by atoms with van der Waals surface area (Å²) in [7, 11) is -3.78. The van der Waals surface area contributed by atoms with E-state index in [2.05, 4.69) is 10.6 Å². The predicted molar refractivity (Wildman–Crippen MR) is 125 cm³/mol. The molecule has 0 unspecified atom stereocenters. The van der Waals surface area contributed by atoms with Gasteiger partial charge in [0.25, 0.3) is 5.91 Å². The highest BCUT2D eigenvalue weighted by atomic mass is 32.2. The molecule has 0 aliphatic rings. The molecule has 0 saturated carbocycles. The van der Waals surface area contributed by atoms with Crippen LogP contribution in [-0.2, 0) is 19.6 Å². The fourth-order valence-corrected chi connectivity index (χ4v) is 4.90. The molecule has 0 radical (unpaired) electrons. The first kappa shape index (κ1) is 26.0. The van der Waals surface area contributed by atoms with Crippen LogP contribution in [0.4, 0.5) is 10.5 Å². The van der Waals surface area contributed by atoms with Crippen molar-refractivity contribution in [1.29, 1.82) is 0 Å². The van der Waals surface area contributed by atoms with Gasteiger partial charge in [0, 0.05) is 18.8 Å². The van der Waals surface area contributed by atoms with E-state index >= 15 is 0 Å². The predicted octanol–water partition coefficient (Wildman–Crippen LogP) is 3.15. The number of nitrogens with zero attached hydrogens (tertiary/aromatic N) is 1. The smallest absolute Gasteiger partial charge is 0.338 e. The molecule has 10 heteroatoms. The molecule has 2 aromatic carbocycles. The number of ether oxygens (including phenoxy) is 1. The lowest BCUT2D eigenvalue weighted by atomic mass is 10.1. The van der Waals surface area contributed by atoms with Gasteiger partial charge in [0.15, 0.2) is 6.61 Å². The van der Waals surface area contributed by atoms with Gasteiger partial charge in [-0.15, -0.1) is 0 Å². The number of imide groups is 1. The summed E-state index contributed by atoms with van der Waals surface area (Å²) in [4.78, 5) is 36.4. The van der Waals surface area contributed by atoms with Gasteiger partial charge in [-0.2, -0.15) is 4.31 Å². The van der Waals surface area contributed by atoms with E-state index in [-0.39, 0.29) is 23.5 Å². The van der Waals surface area contributed by atoms with Crippen molar-refractivity contribution >= 4 is 33.6 Å². The lowest BCUT2D eigenvalue weighted by Gasteiger charge is -2.20. The summed E-state index contributed by atoms with van der Waals surface area (Å²) in [5, 5.41) is 4.64. The summed E-state index contributed by atoms with van der Waals surface area (Å²) in [6.07, 6.45) is 0. The standard InChI is InChI=1S/C23H29N3O6S/c1-6-26(7-2)33(30,31)20-13-18(10-9-16(20)4)22(28)32-14-21(27)25-23(29)24-19-11-8-15(3)12-17(19)5/h8-13H,6-7,14H2,1-5H3,(H2,24,25,27,29). The van der Waals surface area contributed by atoms with Crippen LogP contribution in [0.2, 0.25) is 0 Å². The third kappa shape index (κ3) is 6.62. The number of rotatable bonds is 8. The summed E-state index contributed by atoms with van der Waals surface area (Å²) in [5.41, 5.74) is 2.88. The lowest BCUT2D eigenvalue weighted by molar-refractivity contribution is -0.123. The van der Waals surface area contributed by atoms with E-state index in [1.807, 2.05) is 26.0 Å². The normalized spacial score (nSPS) is 11.2. The molecule has 0 atom stereocenters. The summed E-state index contributed by atoms with van der Waals surface area (Å²) < 4.78 is 31.9. The van der Waals surface area contributed by atoms with Gasteiger partial charge in [-0.3, -0.25) is 10.1 Å². The number of nitrogens with one attached hydrogen (secondary N) is 2. The Kier molecular flexibility index (Phi) is 8.72. The van der Waals surface area contributed by atoms with E-state index in [0.717, 1.165) is 11.1 Å². The zero-order valence-corrected chi connectivity index (χ0v) is 20.2. The largest absolute Gasteiger partial charge is 0.452 e. The maximum absolute atomic E-state index is 12.8. The molecule has 178 valence electrons. The first-order chi connectivity index (χ1) is 15.5. The Bertz CT molecular complexity index is 1160. The van der Waals surface area contributed by atoms with Crippen LogP contribution >= 0.6 is 0 Å². The number of sulfonamides is 1. The average Bonchev–Trinajstić information content (AvgIpc) is 2.74. The van der Waals surface area contributed by atoms with Gasteiger partial charge in [0.2, 0.25) is 10.0 Å². The van der Waals surface area contributed by atoms with Crippen LogP contribution in [0.3, 0.4) is 0 Å². The third-order valence-corrected chi connectivity index (χ3v) is 7.16. The number of esters is 1. The van der Waals surface area contributed by atoms with Crippen molar-refractivity contribution < 1.29 is 27.5 Å². The Labute approximate surface area is 194 Å². The van der Waals surface area contributed by atoms with Crippen molar-refractivity contribution in [3.05, 3.63) is 58.7 Å². The Morgan fingerprint density at radius 1 is 0.939 bits per heavy atom. The fraction of sp³-hybridized carbons (Fsp3) is 0.348. The van der Waals surface area contributed by atoms with Gasteiger partial charge < -0.3 is 10.1 Å². The highest BCUT2D eigenvalue weighted by molar-refractivity contribution is 7.89. The molecule has 9 nitrogen and oxygen atoms in total. The quantitative estimate of drug-likeness (QED) is 0.566. The molecular weight excluding hydrogens is 446 g/mol. The van der Waals surface area contributed by atoms with Crippen molar-refractivity contribution in [2.24, 2.45) is 0 Å². The van der Waals surface area contributed by atoms with Crippen LogP contribution < -0.4 is 10.6 Å². The van der Waals surface area contributed by atoms with Crippen LogP contribution in [0.15, 0.2) is 41.3 Å². The van der Waals surface area contributed by atoms with Crippen LogP contribution in [0, 0.1) is 20.8 Å². The van der Waals surface area contributed by atoms with Crippen molar-refractivity contribution in [3.63, 3.8) is 0 Å². The minimum absolute atomic E-state index is 0.00190. The second-order valence-corrected chi connectivity index (χ2v) is 9.37. The number of anilines is 1. The Balaban J connectivity index is 2.01. The number of urea groups is 1. The number of carbonyl (C=O) groups is 3. The van der Waals surface area contributed by atoms with E-state index in [1.165, 1.54) is 22.5 Å². The summed E-state index contributed by atoms with van der Waals surface area (Å²) in [5.74, 6) is -1.70. The first-order valence-electron chi connectivity index (χ1n) is 10.5. The first-order valence-corrected chi connectivity index (χ1v) is 11.9. The summed E-state index contributed by atoms with van der Waals surface area (Å²) in [6, 6.07) is 8.82. The van der Waals surface area contributed by atoms with Crippen molar-refractivity contribution in [2.75, 3.05) is 25.0 Å². The van der Waals surface area contributed by atoms with Gasteiger partial charge in [-0.1, -0.05) is 37.6 Å². The van der Waals surface area contributed by atoms with Crippen molar-refractivity contribution in [1.82, 2.24) is 9.62 Å². The third-order valence-electron chi connectivity index (χ3n) is 4.96. The molecule has 0 aliphatic carbocycles. The minimum Gasteiger partial charge on any atom is -0.452 e. The molecule has 0 fully saturated rings.